The maximum absolute atomic E-state index is 12.3. The van der Waals surface area contributed by atoms with Gasteiger partial charge in [0.15, 0.2) is 0 Å². The van der Waals surface area contributed by atoms with Crippen LogP contribution in [0.3, 0.4) is 0 Å². The van der Waals surface area contributed by atoms with E-state index in [1.165, 1.54) is 4.68 Å². The lowest BCUT2D eigenvalue weighted by Gasteiger charge is -2.32. The summed E-state index contributed by atoms with van der Waals surface area (Å²) >= 11 is 0. The number of benzene rings is 1. The van der Waals surface area contributed by atoms with Gasteiger partial charge < -0.3 is 9.64 Å². The summed E-state index contributed by atoms with van der Waals surface area (Å²) in [4.78, 5) is 26.2. The van der Waals surface area contributed by atoms with E-state index in [9.17, 15) is 9.59 Å². The van der Waals surface area contributed by atoms with Gasteiger partial charge in [0.1, 0.15) is 12.4 Å². The van der Waals surface area contributed by atoms with Gasteiger partial charge in [-0.25, -0.2) is 9.48 Å². The second-order valence-corrected chi connectivity index (χ2v) is 6.41. The summed E-state index contributed by atoms with van der Waals surface area (Å²) in [5.41, 5.74) is 0.967. The van der Waals surface area contributed by atoms with Gasteiger partial charge in [0.05, 0.1) is 6.61 Å². The third kappa shape index (κ3) is 3.99. The minimum atomic E-state index is -0.0894. The first-order valence-electron chi connectivity index (χ1n) is 8.58. The molecular formula is C18H24N4O3. The van der Waals surface area contributed by atoms with Gasteiger partial charge in [-0.3, -0.25) is 9.36 Å². The first-order valence-corrected chi connectivity index (χ1v) is 8.58. The number of piperidine rings is 1. The number of aromatic nitrogens is 3. The van der Waals surface area contributed by atoms with Gasteiger partial charge in [0.25, 0.3) is 0 Å². The molecule has 1 aromatic carbocycles. The zero-order valence-electron chi connectivity index (χ0n) is 14.7. The van der Waals surface area contributed by atoms with Crippen molar-refractivity contribution in [2.45, 2.75) is 32.4 Å². The van der Waals surface area contributed by atoms with Crippen LogP contribution in [-0.4, -0.2) is 44.9 Å². The first kappa shape index (κ1) is 17.4. The first-order chi connectivity index (χ1) is 12.1. The summed E-state index contributed by atoms with van der Waals surface area (Å²) in [5.74, 6) is 0.730. The summed E-state index contributed by atoms with van der Waals surface area (Å²) in [6, 6.07) is 9.92. The molecule has 0 aliphatic carbocycles. The van der Waals surface area contributed by atoms with Crippen LogP contribution in [0.5, 0.6) is 0 Å². The maximum Gasteiger partial charge on any atom is 0.345 e. The Bertz CT molecular complexity index is 773. The minimum Gasteiger partial charge on any atom is -0.367 e. The molecule has 1 fully saturated rings. The third-order valence-electron chi connectivity index (χ3n) is 4.65. The molecule has 7 nitrogen and oxygen atoms in total. The van der Waals surface area contributed by atoms with Crippen LogP contribution >= 0.6 is 0 Å². The number of carbonyl (C=O) groups excluding carboxylic acids is 1. The predicted molar refractivity (Wildman–Crippen MR) is 93.2 cm³/mol. The van der Waals surface area contributed by atoms with Crippen LogP contribution in [0.25, 0.3) is 0 Å². The van der Waals surface area contributed by atoms with Crippen LogP contribution < -0.4 is 5.69 Å². The average Bonchev–Trinajstić information content (AvgIpc) is 2.88. The van der Waals surface area contributed by atoms with Gasteiger partial charge >= 0.3 is 5.69 Å². The van der Waals surface area contributed by atoms with Gasteiger partial charge in [-0.2, -0.15) is 5.10 Å². The summed E-state index contributed by atoms with van der Waals surface area (Å²) in [6.07, 6.45) is 1.52. The van der Waals surface area contributed by atoms with Crippen molar-refractivity contribution in [1.82, 2.24) is 19.2 Å². The highest BCUT2D eigenvalue weighted by Crippen LogP contribution is 2.22. The molecule has 0 bridgehead atoms. The molecule has 0 unspecified atom stereocenters. The largest absolute Gasteiger partial charge is 0.367 e. The molecule has 1 aliphatic heterocycles. The molecule has 1 aromatic heterocycles. The van der Waals surface area contributed by atoms with Crippen LogP contribution in [0, 0.1) is 6.92 Å². The number of rotatable bonds is 5. The number of aryl methyl sites for hydroxylation is 2. The molecule has 134 valence electrons. The lowest BCUT2D eigenvalue weighted by molar-refractivity contribution is -0.137. The molecule has 1 amide bonds. The molecule has 2 heterocycles. The summed E-state index contributed by atoms with van der Waals surface area (Å²) in [6.45, 7) is 3.65. The van der Waals surface area contributed by atoms with E-state index in [1.54, 1.807) is 11.6 Å². The second-order valence-electron chi connectivity index (χ2n) is 6.41. The van der Waals surface area contributed by atoms with E-state index in [4.69, 9.17) is 4.74 Å². The van der Waals surface area contributed by atoms with Crippen LogP contribution in [0.1, 0.15) is 30.3 Å². The summed E-state index contributed by atoms with van der Waals surface area (Å²) in [7, 11) is 1.66. The quantitative estimate of drug-likeness (QED) is 0.819. The van der Waals surface area contributed by atoms with Crippen molar-refractivity contribution < 1.29 is 9.53 Å². The van der Waals surface area contributed by atoms with Crippen molar-refractivity contribution in [2.75, 3.05) is 19.7 Å². The fourth-order valence-electron chi connectivity index (χ4n) is 3.32. The Hall–Kier alpha value is -2.41. The molecule has 0 radical (unpaired) electrons. The second kappa shape index (κ2) is 7.65. The average molecular weight is 344 g/mol. The third-order valence-corrected chi connectivity index (χ3v) is 4.65. The molecule has 1 aliphatic rings. The van der Waals surface area contributed by atoms with Crippen LogP contribution in [0.2, 0.25) is 0 Å². The standard InChI is InChI=1S/C18H24N4O3/c1-14-19-20(2)18(24)22(14)16-8-10-21(11-9-16)17(23)13-25-12-15-6-4-3-5-7-15/h3-7,16H,8-13H2,1-2H3. The van der Waals surface area contributed by atoms with Crippen LogP contribution in [0.15, 0.2) is 35.1 Å². The van der Waals surface area contributed by atoms with Gasteiger partial charge in [0.2, 0.25) is 5.91 Å². The summed E-state index contributed by atoms with van der Waals surface area (Å²) in [5, 5.41) is 4.18. The number of nitrogens with zero attached hydrogens (tertiary/aromatic N) is 4. The molecule has 7 heteroatoms. The van der Waals surface area contributed by atoms with E-state index in [-0.39, 0.29) is 24.2 Å². The number of hydrogen-bond acceptors (Lipinski definition) is 4. The van der Waals surface area contributed by atoms with E-state index in [0.717, 1.165) is 24.2 Å². The van der Waals surface area contributed by atoms with Crippen LogP contribution in [0.4, 0.5) is 0 Å². The van der Waals surface area contributed by atoms with E-state index in [2.05, 4.69) is 5.10 Å². The molecule has 1 saturated heterocycles. The monoisotopic (exact) mass is 344 g/mol. The Morgan fingerprint density at radius 3 is 2.52 bits per heavy atom. The molecule has 0 atom stereocenters. The van der Waals surface area contributed by atoms with Crippen LogP contribution in [-0.2, 0) is 23.2 Å². The predicted octanol–water partition coefficient (Wildman–Crippen LogP) is 1.27. The molecule has 25 heavy (non-hydrogen) atoms. The fraction of sp³-hybridized carbons (Fsp3) is 0.500. The smallest absolute Gasteiger partial charge is 0.345 e. The van der Waals surface area contributed by atoms with E-state index >= 15 is 0 Å². The summed E-state index contributed by atoms with van der Waals surface area (Å²) < 4.78 is 8.64. The Kier molecular flexibility index (Phi) is 5.33. The molecule has 3 rings (SSSR count). The van der Waals surface area contributed by atoms with Crippen molar-refractivity contribution in [2.24, 2.45) is 7.05 Å². The Balaban J connectivity index is 1.48. The number of hydrogen-bond donors (Lipinski definition) is 0. The SMILES string of the molecule is Cc1nn(C)c(=O)n1C1CCN(C(=O)COCc2ccccc2)CC1. The molecular weight excluding hydrogens is 320 g/mol. The van der Waals surface area contributed by atoms with E-state index in [0.29, 0.717) is 19.7 Å². The van der Waals surface area contributed by atoms with Crippen molar-refractivity contribution in [3.63, 3.8) is 0 Å². The van der Waals surface area contributed by atoms with E-state index < -0.39 is 0 Å². The highest BCUT2D eigenvalue weighted by Gasteiger charge is 2.26. The maximum atomic E-state index is 12.3. The lowest BCUT2D eigenvalue weighted by Crippen LogP contribution is -2.42. The fourth-order valence-corrected chi connectivity index (χ4v) is 3.32. The molecule has 2 aromatic rings. The van der Waals surface area contributed by atoms with Gasteiger partial charge in [-0.1, -0.05) is 30.3 Å². The van der Waals surface area contributed by atoms with Gasteiger partial charge in [-0.05, 0) is 25.3 Å². The highest BCUT2D eigenvalue weighted by atomic mass is 16.5. The topological polar surface area (TPSA) is 69.4 Å². The minimum absolute atomic E-state index is 0.00429. The van der Waals surface area contributed by atoms with Crippen molar-refractivity contribution in [3.8, 4) is 0 Å². The Morgan fingerprint density at radius 2 is 1.92 bits per heavy atom. The Labute approximate surface area is 146 Å². The van der Waals surface area contributed by atoms with Gasteiger partial charge in [-0.15, -0.1) is 0 Å². The van der Waals surface area contributed by atoms with Gasteiger partial charge in [0, 0.05) is 26.2 Å². The lowest BCUT2D eigenvalue weighted by atomic mass is 10.0. The Morgan fingerprint density at radius 1 is 1.24 bits per heavy atom. The zero-order valence-corrected chi connectivity index (χ0v) is 14.7. The van der Waals surface area contributed by atoms with Crippen molar-refractivity contribution in [1.29, 1.82) is 0 Å². The zero-order chi connectivity index (χ0) is 17.8. The molecule has 0 saturated carbocycles. The van der Waals surface area contributed by atoms with Crippen molar-refractivity contribution in [3.05, 3.63) is 52.2 Å². The number of likely N-dealkylation sites (tertiary alicyclic amines) is 1. The number of carbonyl (C=O) groups is 1. The van der Waals surface area contributed by atoms with E-state index in [1.807, 2.05) is 42.2 Å². The molecule has 0 N–H and O–H groups in total. The highest BCUT2D eigenvalue weighted by molar-refractivity contribution is 5.77. The number of amides is 1. The number of ether oxygens (including phenoxy) is 1. The molecule has 0 spiro atoms. The normalized spacial score (nSPS) is 15.5. The van der Waals surface area contributed by atoms with Crippen molar-refractivity contribution >= 4 is 5.91 Å².